The lowest BCUT2D eigenvalue weighted by Crippen LogP contribution is -2.44. The summed E-state index contributed by atoms with van der Waals surface area (Å²) in [5.74, 6) is 0.678. The van der Waals surface area contributed by atoms with Gasteiger partial charge in [0.2, 0.25) is 0 Å². The first kappa shape index (κ1) is 13.9. The third-order valence-corrected chi connectivity index (χ3v) is 3.72. The first-order chi connectivity index (χ1) is 9.25. The average molecular weight is 276 g/mol. The van der Waals surface area contributed by atoms with Crippen LogP contribution in [0.25, 0.3) is 0 Å². The second-order valence-corrected chi connectivity index (χ2v) is 5.40. The molecule has 2 N–H and O–H groups in total. The third kappa shape index (κ3) is 4.59. The number of hydrogen-bond acceptors (Lipinski definition) is 3. The highest BCUT2D eigenvalue weighted by Gasteiger charge is 2.21. The van der Waals surface area contributed by atoms with Gasteiger partial charge in [0.15, 0.2) is 5.11 Å². The molecule has 0 radical (unpaired) electrons. The van der Waals surface area contributed by atoms with Crippen molar-refractivity contribution in [2.75, 3.05) is 0 Å². The normalized spacial score (nSPS) is 23.2. The molecule has 4 nitrogen and oxygen atoms in total. The minimum Gasteiger partial charge on any atom is -0.358 e. The van der Waals surface area contributed by atoms with Crippen LogP contribution < -0.4 is 10.7 Å². The number of thiocarbonyl (C=S) groups is 1. The highest BCUT2D eigenvalue weighted by Crippen LogP contribution is 2.23. The Morgan fingerprint density at radius 2 is 2.11 bits per heavy atom. The molecule has 102 valence electrons. The molecular weight excluding hydrogens is 256 g/mol. The molecule has 0 spiro atoms. The Kier molecular flexibility index (Phi) is 5.27. The minimum atomic E-state index is 0.477. The molecule has 19 heavy (non-hydrogen) atoms. The molecule has 1 aromatic heterocycles. The van der Waals surface area contributed by atoms with Crippen molar-refractivity contribution in [2.45, 2.75) is 38.6 Å². The van der Waals surface area contributed by atoms with Crippen molar-refractivity contribution in [1.29, 1.82) is 0 Å². The molecule has 2 atom stereocenters. The molecule has 5 heteroatoms. The number of hydrogen-bond donors (Lipinski definition) is 2. The molecule has 1 saturated carbocycles. The van der Waals surface area contributed by atoms with Crippen molar-refractivity contribution < 1.29 is 0 Å². The standard InChI is InChI=1S/C14H20N4S/c1-11-4-2-3-5-13(11)17-14(19)18-16-10-12-6-8-15-9-7-12/h6-11,13H,2-5H2,1H3,(H2,17,18,19)/b16-10-/t11-,13+/m1/s1. The van der Waals surface area contributed by atoms with Gasteiger partial charge in [-0.25, -0.2) is 0 Å². The summed E-state index contributed by atoms with van der Waals surface area (Å²) in [6.07, 6.45) is 10.3. The van der Waals surface area contributed by atoms with Crippen LogP contribution in [-0.4, -0.2) is 22.4 Å². The summed E-state index contributed by atoms with van der Waals surface area (Å²) in [4.78, 5) is 3.95. The van der Waals surface area contributed by atoms with Crippen LogP contribution in [0.4, 0.5) is 0 Å². The van der Waals surface area contributed by atoms with Crippen molar-refractivity contribution in [3.8, 4) is 0 Å². The van der Waals surface area contributed by atoms with E-state index in [0.29, 0.717) is 17.1 Å². The number of nitrogens with one attached hydrogen (secondary N) is 2. The predicted octanol–water partition coefficient (Wildman–Crippen LogP) is 2.46. The Morgan fingerprint density at radius 3 is 2.84 bits per heavy atom. The summed E-state index contributed by atoms with van der Waals surface area (Å²) >= 11 is 5.25. The lowest BCUT2D eigenvalue weighted by Gasteiger charge is -2.30. The van der Waals surface area contributed by atoms with Crippen LogP contribution in [0.5, 0.6) is 0 Å². The van der Waals surface area contributed by atoms with E-state index in [0.717, 1.165) is 5.56 Å². The van der Waals surface area contributed by atoms with Crippen molar-refractivity contribution in [3.05, 3.63) is 30.1 Å². The SMILES string of the molecule is C[C@@H]1CCCC[C@@H]1NC(=S)N/N=C\c1ccncc1. The molecule has 0 aliphatic heterocycles. The number of aromatic nitrogens is 1. The zero-order chi connectivity index (χ0) is 13.5. The molecule has 1 heterocycles. The molecule has 1 aliphatic rings. The Labute approximate surface area is 119 Å². The van der Waals surface area contributed by atoms with Crippen molar-refractivity contribution >= 4 is 23.5 Å². The van der Waals surface area contributed by atoms with E-state index < -0.39 is 0 Å². The molecule has 0 aromatic carbocycles. The molecule has 2 rings (SSSR count). The maximum Gasteiger partial charge on any atom is 0.187 e. The fourth-order valence-electron chi connectivity index (χ4n) is 2.35. The van der Waals surface area contributed by atoms with E-state index in [2.05, 4.69) is 27.8 Å². The smallest absolute Gasteiger partial charge is 0.187 e. The largest absolute Gasteiger partial charge is 0.358 e. The van der Waals surface area contributed by atoms with Gasteiger partial charge in [0.05, 0.1) is 6.21 Å². The van der Waals surface area contributed by atoms with Gasteiger partial charge in [-0.1, -0.05) is 19.8 Å². The highest BCUT2D eigenvalue weighted by atomic mass is 32.1. The first-order valence-electron chi connectivity index (χ1n) is 6.75. The molecule has 1 aromatic rings. The Balaban J connectivity index is 1.77. The molecule has 1 aliphatic carbocycles. The topological polar surface area (TPSA) is 49.3 Å². The molecule has 1 fully saturated rings. The minimum absolute atomic E-state index is 0.477. The Morgan fingerprint density at radius 1 is 1.37 bits per heavy atom. The van der Waals surface area contributed by atoms with Gasteiger partial charge >= 0.3 is 0 Å². The van der Waals surface area contributed by atoms with Gasteiger partial charge in [-0.15, -0.1) is 0 Å². The lowest BCUT2D eigenvalue weighted by molar-refractivity contribution is 0.308. The summed E-state index contributed by atoms with van der Waals surface area (Å²) in [5, 5.41) is 8.08. The van der Waals surface area contributed by atoms with Crippen LogP contribution in [-0.2, 0) is 0 Å². The van der Waals surface area contributed by atoms with Gasteiger partial charge in [-0.3, -0.25) is 10.4 Å². The second-order valence-electron chi connectivity index (χ2n) is 4.99. The van der Waals surface area contributed by atoms with Crippen molar-refractivity contribution in [3.63, 3.8) is 0 Å². The number of pyridine rings is 1. The number of hydrazone groups is 1. The summed E-state index contributed by atoms with van der Waals surface area (Å²) in [5.41, 5.74) is 3.86. The van der Waals surface area contributed by atoms with Gasteiger partial charge in [0.1, 0.15) is 0 Å². The molecule has 0 amide bonds. The van der Waals surface area contributed by atoms with E-state index in [1.54, 1.807) is 18.6 Å². The lowest BCUT2D eigenvalue weighted by atomic mass is 9.86. The van der Waals surface area contributed by atoms with Crippen LogP contribution in [0.1, 0.15) is 38.2 Å². The number of rotatable bonds is 3. The fourth-order valence-corrected chi connectivity index (χ4v) is 2.55. The van der Waals surface area contributed by atoms with Crippen molar-refractivity contribution in [1.82, 2.24) is 15.7 Å². The predicted molar refractivity (Wildman–Crippen MR) is 82.1 cm³/mol. The maximum absolute atomic E-state index is 5.25. The monoisotopic (exact) mass is 276 g/mol. The molecule has 0 unspecified atom stereocenters. The maximum atomic E-state index is 5.25. The average Bonchev–Trinajstić information content (AvgIpc) is 2.43. The van der Waals surface area contributed by atoms with Gasteiger partial charge in [0, 0.05) is 18.4 Å². The van der Waals surface area contributed by atoms with Gasteiger partial charge < -0.3 is 5.32 Å². The van der Waals surface area contributed by atoms with E-state index in [-0.39, 0.29) is 0 Å². The molecule has 0 bridgehead atoms. The zero-order valence-corrected chi connectivity index (χ0v) is 12.0. The second kappa shape index (κ2) is 7.19. The van der Waals surface area contributed by atoms with E-state index in [4.69, 9.17) is 12.2 Å². The van der Waals surface area contributed by atoms with Gasteiger partial charge in [-0.2, -0.15) is 5.10 Å². The van der Waals surface area contributed by atoms with E-state index in [1.165, 1.54) is 25.7 Å². The summed E-state index contributed by atoms with van der Waals surface area (Å²) in [6.45, 7) is 2.28. The van der Waals surface area contributed by atoms with Crippen LogP contribution in [0.3, 0.4) is 0 Å². The van der Waals surface area contributed by atoms with Gasteiger partial charge in [-0.05, 0) is 48.7 Å². The van der Waals surface area contributed by atoms with E-state index in [9.17, 15) is 0 Å². The fraction of sp³-hybridized carbons (Fsp3) is 0.500. The number of nitrogens with zero attached hydrogens (tertiary/aromatic N) is 2. The summed E-state index contributed by atoms with van der Waals surface area (Å²) < 4.78 is 0. The molecule has 0 saturated heterocycles. The van der Waals surface area contributed by atoms with Gasteiger partial charge in [0.25, 0.3) is 0 Å². The van der Waals surface area contributed by atoms with E-state index >= 15 is 0 Å². The Hall–Kier alpha value is -1.49. The van der Waals surface area contributed by atoms with Crippen molar-refractivity contribution in [2.24, 2.45) is 11.0 Å². The summed E-state index contributed by atoms with van der Waals surface area (Å²) in [7, 11) is 0. The van der Waals surface area contributed by atoms with Crippen LogP contribution in [0, 0.1) is 5.92 Å². The molecular formula is C14H20N4S. The summed E-state index contributed by atoms with van der Waals surface area (Å²) in [6, 6.07) is 4.26. The zero-order valence-electron chi connectivity index (χ0n) is 11.2. The van der Waals surface area contributed by atoms with E-state index in [1.807, 2.05) is 12.1 Å². The van der Waals surface area contributed by atoms with Crippen LogP contribution >= 0.6 is 12.2 Å². The van der Waals surface area contributed by atoms with Crippen LogP contribution in [0.2, 0.25) is 0 Å². The van der Waals surface area contributed by atoms with Crippen LogP contribution in [0.15, 0.2) is 29.6 Å². The quantitative estimate of drug-likeness (QED) is 0.506. The Bertz CT molecular complexity index is 432. The highest BCUT2D eigenvalue weighted by molar-refractivity contribution is 7.80. The first-order valence-corrected chi connectivity index (χ1v) is 7.16. The third-order valence-electron chi connectivity index (χ3n) is 3.51.